The number of carbonyl (C=O) groups is 2. The van der Waals surface area contributed by atoms with E-state index in [0.717, 1.165) is 18.7 Å². The highest BCUT2D eigenvalue weighted by atomic mass is 16.2. The van der Waals surface area contributed by atoms with Crippen molar-refractivity contribution in [3.05, 3.63) is 29.8 Å². The Hall–Kier alpha value is -2.08. The number of likely N-dealkylation sites (N-methyl/N-ethyl adjacent to an activating group) is 1. The van der Waals surface area contributed by atoms with Crippen molar-refractivity contribution >= 4 is 17.6 Å². The van der Waals surface area contributed by atoms with Gasteiger partial charge >= 0.3 is 6.03 Å². The molecule has 1 atom stereocenters. The first-order chi connectivity index (χ1) is 12.1. The molecule has 2 aliphatic rings. The Morgan fingerprint density at radius 3 is 2.48 bits per heavy atom. The molecule has 0 radical (unpaired) electrons. The number of rotatable bonds is 5. The van der Waals surface area contributed by atoms with E-state index in [0.29, 0.717) is 13.0 Å². The van der Waals surface area contributed by atoms with Gasteiger partial charge in [-0.15, -0.1) is 0 Å². The summed E-state index contributed by atoms with van der Waals surface area (Å²) in [5.74, 6) is -0.0248. The van der Waals surface area contributed by atoms with Crippen molar-refractivity contribution in [1.29, 1.82) is 0 Å². The minimum absolute atomic E-state index is 0.0248. The van der Waals surface area contributed by atoms with Gasteiger partial charge in [0.15, 0.2) is 0 Å². The Bertz CT molecular complexity index is 596. The maximum absolute atomic E-state index is 12.0. The highest BCUT2D eigenvalue weighted by Gasteiger charge is 2.30. The Morgan fingerprint density at radius 2 is 1.84 bits per heavy atom. The van der Waals surface area contributed by atoms with Crippen molar-refractivity contribution in [1.82, 2.24) is 15.1 Å². The van der Waals surface area contributed by atoms with Crippen molar-refractivity contribution in [3.8, 4) is 0 Å². The molecule has 2 saturated heterocycles. The van der Waals surface area contributed by atoms with Gasteiger partial charge in [-0.1, -0.05) is 18.6 Å². The number of benzene rings is 1. The van der Waals surface area contributed by atoms with E-state index in [1.165, 1.54) is 37.9 Å². The number of nitrogens with one attached hydrogen (secondary N) is 2. The first-order valence-corrected chi connectivity index (χ1v) is 9.25. The molecule has 3 amide bonds. The van der Waals surface area contributed by atoms with Gasteiger partial charge in [-0.05, 0) is 56.5 Å². The van der Waals surface area contributed by atoms with E-state index < -0.39 is 6.04 Å². The molecule has 1 aromatic carbocycles. The smallest absolute Gasteiger partial charge is 0.319 e. The van der Waals surface area contributed by atoms with Crippen LogP contribution in [-0.4, -0.2) is 61.0 Å². The van der Waals surface area contributed by atoms with Crippen LogP contribution < -0.4 is 10.6 Å². The molecule has 1 aromatic rings. The lowest BCUT2D eigenvalue weighted by molar-refractivity contribution is -0.128. The molecule has 0 aliphatic carbocycles. The zero-order chi connectivity index (χ0) is 17.6. The molecule has 2 N–H and O–H groups in total. The normalized spacial score (nSPS) is 21.4. The van der Waals surface area contributed by atoms with Crippen LogP contribution in [0, 0.1) is 0 Å². The number of urea groups is 1. The van der Waals surface area contributed by atoms with E-state index in [2.05, 4.69) is 27.7 Å². The summed E-state index contributed by atoms with van der Waals surface area (Å²) < 4.78 is 0. The molecule has 0 unspecified atom stereocenters. The van der Waals surface area contributed by atoms with Gasteiger partial charge in [0, 0.05) is 25.8 Å². The van der Waals surface area contributed by atoms with Crippen LogP contribution in [0.1, 0.15) is 31.2 Å². The molecule has 136 valence electrons. The number of piperidine rings is 1. The minimum Gasteiger partial charge on any atom is -0.344 e. The standard InChI is InChI=1S/C19H28N4O2/c1-22-13-10-17(18(22)24)21-19(25)20-16-7-5-15(6-8-16)9-14-23-11-3-2-4-12-23/h5-8,17H,2-4,9-14H2,1H3,(H2,20,21,25)/t17-/m1/s1. The largest absolute Gasteiger partial charge is 0.344 e. The van der Waals surface area contributed by atoms with E-state index in [9.17, 15) is 9.59 Å². The van der Waals surface area contributed by atoms with Crippen LogP contribution >= 0.6 is 0 Å². The quantitative estimate of drug-likeness (QED) is 0.859. The zero-order valence-corrected chi connectivity index (χ0v) is 15.0. The van der Waals surface area contributed by atoms with Crippen LogP contribution in [0.4, 0.5) is 10.5 Å². The second-order valence-corrected chi connectivity index (χ2v) is 7.05. The van der Waals surface area contributed by atoms with Crippen molar-refractivity contribution in [2.45, 2.75) is 38.1 Å². The summed E-state index contributed by atoms with van der Waals surface area (Å²) in [6.07, 6.45) is 5.70. The third-order valence-electron chi connectivity index (χ3n) is 5.11. The summed E-state index contributed by atoms with van der Waals surface area (Å²) in [5.41, 5.74) is 2.03. The Kier molecular flexibility index (Phi) is 5.91. The fourth-order valence-corrected chi connectivity index (χ4v) is 3.51. The molecular formula is C19H28N4O2. The van der Waals surface area contributed by atoms with Crippen molar-refractivity contribution in [3.63, 3.8) is 0 Å². The van der Waals surface area contributed by atoms with Gasteiger partial charge in [0.25, 0.3) is 0 Å². The van der Waals surface area contributed by atoms with Crippen molar-refractivity contribution in [2.24, 2.45) is 0 Å². The maximum atomic E-state index is 12.0. The van der Waals surface area contributed by atoms with Gasteiger partial charge in [-0.25, -0.2) is 4.79 Å². The number of hydrogen-bond acceptors (Lipinski definition) is 3. The lowest BCUT2D eigenvalue weighted by Crippen LogP contribution is -2.42. The molecule has 0 spiro atoms. The third kappa shape index (κ3) is 4.95. The van der Waals surface area contributed by atoms with Crippen LogP contribution in [0.3, 0.4) is 0 Å². The summed E-state index contributed by atoms with van der Waals surface area (Å²) in [5, 5.41) is 5.55. The van der Waals surface area contributed by atoms with Crippen LogP contribution in [0.15, 0.2) is 24.3 Å². The van der Waals surface area contributed by atoms with Gasteiger partial charge in [-0.2, -0.15) is 0 Å². The molecule has 6 heteroatoms. The van der Waals surface area contributed by atoms with Crippen LogP contribution in [0.5, 0.6) is 0 Å². The second kappa shape index (κ2) is 8.34. The van der Waals surface area contributed by atoms with E-state index in [1.807, 2.05) is 12.1 Å². The molecule has 6 nitrogen and oxygen atoms in total. The molecule has 25 heavy (non-hydrogen) atoms. The van der Waals surface area contributed by atoms with E-state index in [1.54, 1.807) is 11.9 Å². The fourth-order valence-electron chi connectivity index (χ4n) is 3.51. The molecule has 2 heterocycles. The number of hydrogen-bond donors (Lipinski definition) is 2. The SMILES string of the molecule is CN1CC[C@@H](NC(=O)Nc2ccc(CCN3CCCCC3)cc2)C1=O. The average molecular weight is 344 g/mol. The van der Waals surface area contributed by atoms with E-state index in [-0.39, 0.29) is 11.9 Å². The predicted molar refractivity (Wildman–Crippen MR) is 98.6 cm³/mol. The van der Waals surface area contributed by atoms with Gasteiger partial charge in [0.1, 0.15) is 6.04 Å². The first kappa shape index (κ1) is 17.7. The number of carbonyl (C=O) groups excluding carboxylic acids is 2. The summed E-state index contributed by atoms with van der Waals surface area (Å²) in [6, 6.07) is 7.24. The average Bonchev–Trinajstić information content (AvgIpc) is 2.94. The highest BCUT2D eigenvalue weighted by Crippen LogP contribution is 2.14. The maximum Gasteiger partial charge on any atom is 0.319 e. The van der Waals surface area contributed by atoms with Crippen LogP contribution in [0.25, 0.3) is 0 Å². The van der Waals surface area contributed by atoms with Crippen LogP contribution in [-0.2, 0) is 11.2 Å². The second-order valence-electron chi connectivity index (χ2n) is 7.05. The van der Waals surface area contributed by atoms with E-state index in [4.69, 9.17) is 0 Å². The van der Waals surface area contributed by atoms with Crippen LogP contribution in [0.2, 0.25) is 0 Å². The summed E-state index contributed by atoms with van der Waals surface area (Å²) in [4.78, 5) is 28.0. The Morgan fingerprint density at radius 1 is 1.12 bits per heavy atom. The number of likely N-dealkylation sites (tertiary alicyclic amines) is 2. The summed E-state index contributed by atoms with van der Waals surface area (Å²) in [6.45, 7) is 4.23. The fraction of sp³-hybridized carbons (Fsp3) is 0.579. The molecule has 0 saturated carbocycles. The molecular weight excluding hydrogens is 316 g/mol. The van der Waals surface area contributed by atoms with Gasteiger partial charge in [0.2, 0.25) is 5.91 Å². The number of anilines is 1. The lowest BCUT2D eigenvalue weighted by atomic mass is 10.1. The molecule has 0 aromatic heterocycles. The molecule has 2 aliphatic heterocycles. The van der Waals surface area contributed by atoms with Gasteiger partial charge in [0.05, 0.1) is 0 Å². The monoisotopic (exact) mass is 344 g/mol. The van der Waals surface area contributed by atoms with Gasteiger partial charge in [-0.3, -0.25) is 4.79 Å². The van der Waals surface area contributed by atoms with Gasteiger partial charge < -0.3 is 20.4 Å². The lowest BCUT2D eigenvalue weighted by Gasteiger charge is -2.26. The topological polar surface area (TPSA) is 64.7 Å². The molecule has 2 fully saturated rings. The molecule has 0 bridgehead atoms. The number of nitrogens with zero attached hydrogens (tertiary/aromatic N) is 2. The summed E-state index contributed by atoms with van der Waals surface area (Å²) >= 11 is 0. The zero-order valence-electron chi connectivity index (χ0n) is 15.0. The predicted octanol–water partition coefficient (Wildman–Crippen LogP) is 2.07. The Labute approximate surface area is 149 Å². The molecule has 3 rings (SSSR count). The van der Waals surface area contributed by atoms with Crippen molar-refractivity contribution < 1.29 is 9.59 Å². The minimum atomic E-state index is -0.409. The first-order valence-electron chi connectivity index (χ1n) is 9.25. The Balaban J connectivity index is 1.43. The number of amides is 3. The highest BCUT2D eigenvalue weighted by molar-refractivity contribution is 5.94. The third-order valence-corrected chi connectivity index (χ3v) is 5.11. The van der Waals surface area contributed by atoms with E-state index >= 15 is 0 Å². The summed E-state index contributed by atoms with van der Waals surface area (Å²) in [7, 11) is 1.75. The van der Waals surface area contributed by atoms with Crippen molar-refractivity contribution in [2.75, 3.05) is 38.5 Å².